The van der Waals surface area contributed by atoms with Gasteiger partial charge in [0.2, 0.25) is 0 Å². The number of rotatable bonds is 3. The highest BCUT2D eigenvalue weighted by Crippen LogP contribution is 2.20. The van der Waals surface area contributed by atoms with Crippen molar-refractivity contribution in [2.24, 2.45) is 5.73 Å². The average Bonchev–Trinajstić information content (AvgIpc) is 2.31. The number of halogens is 1. The van der Waals surface area contributed by atoms with Gasteiger partial charge in [0, 0.05) is 10.7 Å². The highest BCUT2D eigenvalue weighted by Gasteiger charge is 2.06. The second-order valence-corrected chi connectivity index (χ2v) is 4.47. The molecule has 0 unspecified atom stereocenters. The highest BCUT2D eigenvalue weighted by molar-refractivity contribution is 7.80. The van der Waals surface area contributed by atoms with Crippen LogP contribution >= 0.6 is 23.8 Å². The third kappa shape index (κ3) is 3.15. The lowest BCUT2D eigenvalue weighted by atomic mass is 10.3. The molecule has 6 heteroatoms. The van der Waals surface area contributed by atoms with Gasteiger partial charge in [0.15, 0.2) is 0 Å². The molecule has 2 aromatic rings. The molecule has 0 amide bonds. The summed E-state index contributed by atoms with van der Waals surface area (Å²) < 4.78 is 5.51. The summed E-state index contributed by atoms with van der Waals surface area (Å²) >= 11 is 10.7. The second-order valence-electron chi connectivity index (χ2n) is 3.60. The lowest BCUT2D eigenvalue weighted by Crippen LogP contribution is -2.13. The van der Waals surface area contributed by atoms with E-state index in [2.05, 4.69) is 9.97 Å². The minimum absolute atomic E-state index is 0.208. The van der Waals surface area contributed by atoms with Crippen LogP contribution < -0.4 is 10.5 Å². The molecule has 0 radical (unpaired) electrons. The van der Waals surface area contributed by atoms with Crippen molar-refractivity contribution >= 4 is 28.8 Å². The maximum Gasteiger partial charge on any atom is 0.322 e. The Morgan fingerprint density at radius 2 is 1.94 bits per heavy atom. The Kier molecular flexibility index (Phi) is 3.74. The largest absolute Gasteiger partial charge is 0.424 e. The van der Waals surface area contributed by atoms with Gasteiger partial charge < -0.3 is 10.5 Å². The van der Waals surface area contributed by atoms with Gasteiger partial charge in [0.05, 0.1) is 0 Å². The quantitative estimate of drug-likeness (QED) is 0.876. The number of thiocarbonyl (C=S) groups is 1. The van der Waals surface area contributed by atoms with Crippen molar-refractivity contribution in [2.75, 3.05) is 0 Å². The first-order valence-electron chi connectivity index (χ1n) is 5.13. The summed E-state index contributed by atoms with van der Waals surface area (Å²) in [6, 6.07) is 8.82. The molecule has 0 atom stereocenters. The van der Waals surface area contributed by atoms with Gasteiger partial charge in [-0.05, 0) is 37.3 Å². The molecule has 0 saturated heterocycles. The Balaban J connectivity index is 2.28. The van der Waals surface area contributed by atoms with Gasteiger partial charge in [0.25, 0.3) is 0 Å². The van der Waals surface area contributed by atoms with Gasteiger partial charge in [-0.1, -0.05) is 23.8 Å². The topological polar surface area (TPSA) is 61.0 Å². The maximum atomic E-state index is 5.79. The van der Waals surface area contributed by atoms with Crippen molar-refractivity contribution in [1.29, 1.82) is 0 Å². The molecule has 2 rings (SSSR count). The zero-order valence-electron chi connectivity index (χ0n) is 9.55. The van der Waals surface area contributed by atoms with Crippen molar-refractivity contribution < 1.29 is 4.74 Å². The van der Waals surface area contributed by atoms with Crippen molar-refractivity contribution in [3.05, 3.63) is 46.7 Å². The molecule has 0 spiro atoms. The number of hydrogen-bond donors (Lipinski definition) is 1. The van der Waals surface area contributed by atoms with Crippen LogP contribution in [0.3, 0.4) is 0 Å². The zero-order chi connectivity index (χ0) is 13.1. The first-order valence-corrected chi connectivity index (χ1v) is 5.92. The number of hydrogen-bond acceptors (Lipinski definition) is 4. The summed E-state index contributed by atoms with van der Waals surface area (Å²) in [5.74, 6) is 0.596. The Morgan fingerprint density at radius 3 is 2.56 bits per heavy atom. The van der Waals surface area contributed by atoms with Gasteiger partial charge in [0.1, 0.15) is 16.4 Å². The predicted molar refractivity (Wildman–Crippen MR) is 74.2 cm³/mol. The standard InChI is InChI=1S/C12H10ClN3OS/c1-7-6-10(11(14)18)16-12(15-7)17-9-4-2-8(13)3-5-9/h2-6H,1H3,(H2,14,18). The molecular weight excluding hydrogens is 270 g/mol. The molecule has 4 nitrogen and oxygen atoms in total. The summed E-state index contributed by atoms with van der Waals surface area (Å²) in [7, 11) is 0. The van der Waals surface area contributed by atoms with Crippen molar-refractivity contribution in [2.45, 2.75) is 6.92 Å². The molecule has 0 aliphatic carbocycles. The average molecular weight is 280 g/mol. The highest BCUT2D eigenvalue weighted by atomic mass is 35.5. The summed E-state index contributed by atoms with van der Waals surface area (Å²) in [5, 5.41) is 0.635. The number of nitrogens with two attached hydrogens (primary N) is 1. The van der Waals surface area contributed by atoms with Crippen LogP contribution in [0.25, 0.3) is 0 Å². The third-order valence-corrected chi connectivity index (χ3v) is 2.57. The van der Waals surface area contributed by atoms with Crippen LogP contribution in [-0.2, 0) is 0 Å². The summed E-state index contributed by atoms with van der Waals surface area (Å²) in [4.78, 5) is 8.48. The van der Waals surface area contributed by atoms with Gasteiger partial charge in [-0.2, -0.15) is 4.98 Å². The van der Waals surface area contributed by atoms with Crippen molar-refractivity contribution in [3.8, 4) is 11.8 Å². The molecule has 18 heavy (non-hydrogen) atoms. The number of benzene rings is 1. The van der Waals surface area contributed by atoms with Crippen molar-refractivity contribution in [1.82, 2.24) is 9.97 Å². The molecule has 0 bridgehead atoms. The molecule has 92 valence electrons. The first-order chi connectivity index (χ1) is 8.54. The predicted octanol–water partition coefficient (Wildman–Crippen LogP) is 2.86. The first kappa shape index (κ1) is 12.7. The summed E-state index contributed by atoms with van der Waals surface area (Å²) in [6.45, 7) is 1.82. The van der Waals surface area contributed by atoms with E-state index in [9.17, 15) is 0 Å². The molecule has 0 aliphatic heterocycles. The number of aromatic nitrogens is 2. The lowest BCUT2D eigenvalue weighted by Gasteiger charge is -2.06. The van der Waals surface area contributed by atoms with E-state index in [1.807, 2.05) is 6.92 Å². The molecule has 0 saturated carbocycles. The SMILES string of the molecule is Cc1cc(C(N)=S)nc(Oc2ccc(Cl)cc2)n1. The molecule has 0 fully saturated rings. The van der Waals surface area contributed by atoms with Crippen LogP contribution in [0, 0.1) is 6.92 Å². The van der Waals surface area contributed by atoms with Gasteiger partial charge in [-0.15, -0.1) is 0 Å². The minimum atomic E-state index is 0.208. The monoisotopic (exact) mass is 279 g/mol. The van der Waals surface area contributed by atoms with E-state index < -0.39 is 0 Å². The van der Waals surface area contributed by atoms with Crippen LogP contribution in [0.15, 0.2) is 30.3 Å². The fourth-order valence-electron chi connectivity index (χ4n) is 1.32. The van der Waals surface area contributed by atoms with Crippen LogP contribution in [0.5, 0.6) is 11.8 Å². The molecule has 1 heterocycles. The van der Waals surface area contributed by atoms with E-state index in [1.54, 1.807) is 30.3 Å². The maximum absolute atomic E-state index is 5.79. The normalized spacial score (nSPS) is 10.1. The van der Waals surface area contributed by atoms with Crippen LogP contribution in [0.1, 0.15) is 11.4 Å². The Labute approximate surface area is 115 Å². The Hall–Kier alpha value is -1.72. The number of ether oxygens (including phenoxy) is 1. The molecule has 0 aliphatic rings. The summed E-state index contributed by atoms with van der Waals surface area (Å²) in [6.07, 6.45) is 0. The van der Waals surface area contributed by atoms with Crippen LogP contribution in [0.4, 0.5) is 0 Å². The molecule has 1 aromatic heterocycles. The Bertz CT molecular complexity index is 586. The van der Waals surface area contributed by atoms with Crippen LogP contribution in [0.2, 0.25) is 5.02 Å². The zero-order valence-corrected chi connectivity index (χ0v) is 11.1. The van der Waals surface area contributed by atoms with E-state index in [1.165, 1.54) is 0 Å². The molecule has 1 aromatic carbocycles. The van der Waals surface area contributed by atoms with E-state index in [0.29, 0.717) is 16.5 Å². The fourth-order valence-corrected chi connectivity index (χ4v) is 1.55. The second kappa shape index (κ2) is 5.29. The van der Waals surface area contributed by atoms with Crippen molar-refractivity contribution in [3.63, 3.8) is 0 Å². The lowest BCUT2D eigenvalue weighted by molar-refractivity contribution is 0.440. The van der Waals surface area contributed by atoms with Crippen LogP contribution in [-0.4, -0.2) is 15.0 Å². The van der Waals surface area contributed by atoms with E-state index in [-0.39, 0.29) is 11.0 Å². The minimum Gasteiger partial charge on any atom is -0.424 e. The number of aryl methyl sites for hydroxylation is 1. The van der Waals surface area contributed by atoms with E-state index in [4.69, 9.17) is 34.3 Å². The molecule has 2 N–H and O–H groups in total. The smallest absolute Gasteiger partial charge is 0.322 e. The number of nitrogens with zero attached hydrogens (tertiary/aromatic N) is 2. The summed E-state index contributed by atoms with van der Waals surface area (Å²) in [5.41, 5.74) is 6.75. The molecular formula is C12H10ClN3OS. The van der Waals surface area contributed by atoms with E-state index in [0.717, 1.165) is 5.69 Å². The Morgan fingerprint density at radius 1 is 1.28 bits per heavy atom. The fraction of sp³-hybridized carbons (Fsp3) is 0.0833. The van der Waals surface area contributed by atoms with Gasteiger partial charge in [-0.25, -0.2) is 4.98 Å². The van der Waals surface area contributed by atoms with Gasteiger partial charge >= 0.3 is 6.01 Å². The van der Waals surface area contributed by atoms with E-state index >= 15 is 0 Å². The third-order valence-electron chi connectivity index (χ3n) is 2.11. The van der Waals surface area contributed by atoms with Gasteiger partial charge in [-0.3, -0.25) is 0 Å².